The van der Waals surface area contributed by atoms with Gasteiger partial charge in [0.2, 0.25) is 0 Å². The molecule has 7 nitrogen and oxygen atoms in total. The number of methoxy groups -OCH3 is 2. The van der Waals surface area contributed by atoms with Crippen molar-refractivity contribution < 1.29 is 18.7 Å². The highest BCUT2D eigenvalue weighted by Gasteiger charge is 2.13. The molecule has 0 saturated heterocycles. The molecule has 1 aromatic heterocycles. The third-order valence-electron chi connectivity index (χ3n) is 3.44. The summed E-state index contributed by atoms with van der Waals surface area (Å²) in [7, 11) is 2.86. The number of nitrogens with zero attached hydrogens (tertiary/aromatic N) is 1. The molecule has 0 radical (unpaired) electrons. The Bertz CT molecular complexity index is 717. The van der Waals surface area contributed by atoms with E-state index in [0.29, 0.717) is 30.4 Å². The van der Waals surface area contributed by atoms with Gasteiger partial charge in [-0.2, -0.15) is 0 Å². The Labute approximate surface area is 170 Å². The third-order valence-corrected chi connectivity index (χ3v) is 3.44. The second-order valence-corrected chi connectivity index (χ2v) is 5.15. The standard InChI is InChI=1S/C18H23N3O4.HI/c1-4-19-18(21-12-14-6-5-9-25-14)20-11-13-7-8-16(23-2)15(10-13)17(22)24-3;/h5-10H,4,11-12H2,1-3H3,(H2,19,20,21);1H. The summed E-state index contributed by atoms with van der Waals surface area (Å²) in [5, 5.41) is 6.36. The Morgan fingerprint density at radius 1 is 1.23 bits per heavy atom. The zero-order chi connectivity index (χ0) is 18.1. The number of ether oxygens (including phenoxy) is 2. The largest absolute Gasteiger partial charge is 0.496 e. The van der Waals surface area contributed by atoms with Crippen LogP contribution in [-0.2, 0) is 17.8 Å². The first kappa shape index (κ1) is 21.8. The predicted octanol–water partition coefficient (Wildman–Crippen LogP) is 2.95. The fourth-order valence-corrected chi connectivity index (χ4v) is 2.22. The number of esters is 1. The van der Waals surface area contributed by atoms with E-state index in [1.54, 1.807) is 18.4 Å². The van der Waals surface area contributed by atoms with Gasteiger partial charge in [-0.15, -0.1) is 24.0 Å². The molecule has 0 amide bonds. The number of benzene rings is 1. The van der Waals surface area contributed by atoms with E-state index >= 15 is 0 Å². The maximum Gasteiger partial charge on any atom is 0.341 e. The Balaban J connectivity index is 0.00000338. The molecule has 2 aromatic rings. The highest BCUT2D eigenvalue weighted by atomic mass is 127. The summed E-state index contributed by atoms with van der Waals surface area (Å²) in [4.78, 5) is 16.4. The summed E-state index contributed by atoms with van der Waals surface area (Å²) in [6, 6.07) is 9.06. The van der Waals surface area contributed by atoms with Crippen molar-refractivity contribution in [2.24, 2.45) is 4.99 Å². The fraction of sp³-hybridized carbons (Fsp3) is 0.333. The quantitative estimate of drug-likeness (QED) is 0.279. The topological polar surface area (TPSA) is 85.1 Å². The third kappa shape index (κ3) is 6.25. The average molecular weight is 473 g/mol. The van der Waals surface area contributed by atoms with Crippen molar-refractivity contribution in [2.75, 3.05) is 20.8 Å². The summed E-state index contributed by atoms with van der Waals surface area (Å²) in [5.41, 5.74) is 1.25. The van der Waals surface area contributed by atoms with Crippen molar-refractivity contribution in [1.29, 1.82) is 0 Å². The molecule has 26 heavy (non-hydrogen) atoms. The van der Waals surface area contributed by atoms with Crippen LogP contribution in [0.15, 0.2) is 46.0 Å². The summed E-state index contributed by atoms with van der Waals surface area (Å²) < 4.78 is 15.3. The molecule has 142 valence electrons. The number of rotatable bonds is 7. The molecule has 0 atom stereocenters. The van der Waals surface area contributed by atoms with Gasteiger partial charge in [-0.3, -0.25) is 0 Å². The molecule has 1 heterocycles. The van der Waals surface area contributed by atoms with E-state index in [1.807, 2.05) is 25.1 Å². The van der Waals surface area contributed by atoms with Gasteiger partial charge < -0.3 is 24.5 Å². The monoisotopic (exact) mass is 473 g/mol. The molecule has 0 fully saturated rings. The van der Waals surface area contributed by atoms with Gasteiger partial charge in [-0.05, 0) is 36.8 Å². The first-order valence-corrected chi connectivity index (χ1v) is 7.97. The molecule has 0 spiro atoms. The second kappa shape index (κ2) is 11.4. The van der Waals surface area contributed by atoms with Gasteiger partial charge in [-0.1, -0.05) is 6.07 Å². The van der Waals surface area contributed by atoms with Crippen LogP contribution in [0.25, 0.3) is 0 Å². The van der Waals surface area contributed by atoms with E-state index in [-0.39, 0.29) is 24.0 Å². The van der Waals surface area contributed by atoms with E-state index in [0.717, 1.165) is 17.9 Å². The zero-order valence-corrected chi connectivity index (χ0v) is 17.4. The van der Waals surface area contributed by atoms with Crippen LogP contribution in [0.4, 0.5) is 0 Å². The van der Waals surface area contributed by atoms with Crippen LogP contribution < -0.4 is 15.4 Å². The summed E-state index contributed by atoms with van der Waals surface area (Å²) in [5.74, 6) is 1.52. The van der Waals surface area contributed by atoms with E-state index in [2.05, 4.69) is 15.6 Å². The number of nitrogens with one attached hydrogen (secondary N) is 2. The number of furan rings is 1. The van der Waals surface area contributed by atoms with Crippen molar-refractivity contribution in [1.82, 2.24) is 10.6 Å². The average Bonchev–Trinajstić information content (AvgIpc) is 3.16. The van der Waals surface area contributed by atoms with Crippen molar-refractivity contribution in [3.05, 3.63) is 53.5 Å². The van der Waals surface area contributed by atoms with E-state index in [9.17, 15) is 4.79 Å². The second-order valence-electron chi connectivity index (χ2n) is 5.15. The van der Waals surface area contributed by atoms with Crippen LogP contribution in [0.3, 0.4) is 0 Å². The minimum absolute atomic E-state index is 0. The maximum absolute atomic E-state index is 11.8. The van der Waals surface area contributed by atoms with Gasteiger partial charge in [0, 0.05) is 6.54 Å². The minimum atomic E-state index is -0.439. The zero-order valence-electron chi connectivity index (χ0n) is 15.1. The van der Waals surface area contributed by atoms with Crippen molar-refractivity contribution in [3.63, 3.8) is 0 Å². The fourth-order valence-electron chi connectivity index (χ4n) is 2.22. The van der Waals surface area contributed by atoms with E-state index in [1.165, 1.54) is 14.2 Å². The Morgan fingerprint density at radius 2 is 2.04 bits per heavy atom. The first-order chi connectivity index (χ1) is 12.2. The predicted molar refractivity (Wildman–Crippen MR) is 110 cm³/mol. The highest BCUT2D eigenvalue weighted by Crippen LogP contribution is 2.21. The summed E-state index contributed by atoms with van der Waals surface area (Å²) >= 11 is 0. The molecule has 0 unspecified atom stereocenters. The summed E-state index contributed by atoms with van der Waals surface area (Å²) in [6.45, 7) is 3.67. The van der Waals surface area contributed by atoms with Crippen LogP contribution >= 0.6 is 24.0 Å². The number of guanidine groups is 1. The Morgan fingerprint density at radius 3 is 2.65 bits per heavy atom. The Hall–Kier alpha value is -2.23. The van der Waals surface area contributed by atoms with Crippen molar-refractivity contribution in [3.8, 4) is 5.75 Å². The molecule has 0 aliphatic rings. The lowest BCUT2D eigenvalue weighted by Crippen LogP contribution is -2.36. The van der Waals surface area contributed by atoms with Crippen molar-refractivity contribution >= 4 is 35.9 Å². The Kier molecular flexibility index (Phi) is 9.56. The number of carbonyl (C=O) groups excluding carboxylic acids is 1. The molecule has 2 N–H and O–H groups in total. The lowest BCUT2D eigenvalue weighted by Gasteiger charge is -2.11. The normalized spacial score (nSPS) is 10.7. The smallest absolute Gasteiger partial charge is 0.341 e. The van der Waals surface area contributed by atoms with Gasteiger partial charge in [0.05, 0.1) is 33.6 Å². The molecule has 2 rings (SSSR count). The van der Waals surface area contributed by atoms with Crippen LogP contribution in [0.5, 0.6) is 5.75 Å². The molecule has 0 aliphatic heterocycles. The van der Waals surface area contributed by atoms with Gasteiger partial charge in [0.1, 0.15) is 17.1 Å². The number of aliphatic imine (C=N–C) groups is 1. The number of hydrogen-bond donors (Lipinski definition) is 2. The molecule has 8 heteroatoms. The summed E-state index contributed by atoms with van der Waals surface area (Å²) in [6.07, 6.45) is 1.63. The van der Waals surface area contributed by atoms with E-state index < -0.39 is 5.97 Å². The minimum Gasteiger partial charge on any atom is -0.496 e. The molecular formula is C18H24IN3O4. The molecule has 0 bridgehead atoms. The van der Waals surface area contributed by atoms with Gasteiger partial charge >= 0.3 is 5.97 Å². The lowest BCUT2D eigenvalue weighted by atomic mass is 10.1. The molecule has 1 aromatic carbocycles. The van der Waals surface area contributed by atoms with Crippen LogP contribution in [0.1, 0.15) is 28.6 Å². The van der Waals surface area contributed by atoms with Crippen LogP contribution in [0, 0.1) is 0 Å². The van der Waals surface area contributed by atoms with Gasteiger partial charge in [0.15, 0.2) is 5.96 Å². The van der Waals surface area contributed by atoms with Crippen LogP contribution in [-0.4, -0.2) is 32.7 Å². The van der Waals surface area contributed by atoms with Gasteiger partial charge in [-0.25, -0.2) is 9.79 Å². The first-order valence-electron chi connectivity index (χ1n) is 7.97. The van der Waals surface area contributed by atoms with Gasteiger partial charge in [0.25, 0.3) is 0 Å². The van der Waals surface area contributed by atoms with Crippen molar-refractivity contribution in [2.45, 2.75) is 20.0 Å². The number of hydrogen-bond acceptors (Lipinski definition) is 5. The maximum atomic E-state index is 11.8. The molecule has 0 aliphatic carbocycles. The molecular weight excluding hydrogens is 449 g/mol. The van der Waals surface area contributed by atoms with E-state index in [4.69, 9.17) is 13.9 Å². The van der Waals surface area contributed by atoms with Crippen LogP contribution in [0.2, 0.25) is 0 Å². The number of halogens is 1. The highest BCUT2D eigenvalue weighted by molar-refractivity contribution is 14.0. The SMILES string of the molecule is CCNC(=NCc1ccc(OC)c(C(=O)OC)c1)NCc1ccco1.I. The molecule has 0 saturated carbocycles. The number of carbonyl (C=O) groups is 1. The lowest BCUT2D eigenvalue weighted by molar-refractivity contribution is 0.0597.